The maximum absolute atomic E-state index is 13.0. The van der Waals surface area contributed by atoms with E-state index in [0.29, 0.717) is 31.0 Å². The number of carbonyl (C=O) groups is 2. The van der Waals surface area contributed by atoms with Crippen molar-refractivity contribution in [1.82, 2.24) is 4.90 Å². The second kappa shape index (κ2) is 8.78. The lowest BCUT2D eigenvalue weighted by atomic mass is 9.89. The van der Waals surface area contributed by atoms with E-state index in [-0.39, 0.29) is 18.2 Å². The van der Waals surface area contributed by atoms with Crippen LogP contribution < -0.4 is 14.8 Å². The number of hydrogen-bond donors (Lipinski definition) is 1. The molecule has 0 aliphatic carbocycles. The summed E-state index contributed by atoms with van der Waals surface area (Å²) in [6, 6.07) is 13.3. The van der Waals surface area contributed by atoms with Crippen molar-refractivity contribution >= 4 is 17.5 Å². The van der Waals surface area contributed by atoms with Crippen LogP contribution in [0.3, 0.4) is 0 Å². The van der Waals surface area contributed by atoms with E-state index in [4.69, 9.17) is 9.47 Å². The average molecular weight is 382 g/mol. The normalized spacial score (nSPS) is 15.4. The maximum atomic E-state index is 13.0. The van der Waals surface area contributed by atoms with E-state index in [9.17, 15) is 9.59 Å². The third-order valence-corrected chi connectivity index (χ3v) is 4.87. The van der Waals surface area contributed by atoms with Crippen LogP contribution in [0.2, 0.25) is 0 Å². The van der Waals surface area contributed by atoms with Crippen LogP contribution in [0, 0.1) is 6.92 Å². The molecule has 0 aromatic heterocycles. The van der Waals surface area contributed by atoms with E-state index < -0.39 is 5.92 Å². The van der Waals surface area contributed by atoms with Gasteiger partial charge in [0.15, 0.2) is 0 Å². The number of likely N-dealkylation sites (N-methyl/N-ethyl adjacent to an activating group) is 1. The van der Waals surface area contributed by atoms with Crippen LogP contribution in [-0.4, -0.2) is 44.0 Å². The van der Waals surface area contributed by atoms with Gasteiger partial charge in [-0.2, -0.15) is 0 Å². The van der Waals surface area contributed by atoms with Crippen molar-refractivity contribution in [2.75, 3.05) is 32.6 Å². The lowest BCUT2D eigenvalue weighted by Gasteiger charge is -2.29. The monoisotopic (exact) mass is 382 g/mol. The molecule has 1 aliphatic heterocycles. The van der Waals surface area contributed by atoms with Crippen LogP contribution in [-0.2, 0) is 9.59 Å². The fourth-order valence-electron chi connectivity index (χ4n) is 3.36. The lowest BCUT2D eigenvalue weighted by Crippen LogP contribution is -2.37. The van der Waals surface area contributed by atoms with Gasteiger partial charge in [-0.3, -0.25) is 9.59 Å². The number of hydrogen-bond acceptors (Lipinski definition) is 4. The van der Waals surface area contributed by atoms with Crippen molar-refractivity contribution in [2.45, 2.75) is 25.7 Å². The molecule has 28 heavy (non-hydrogen) atoms. The fourth-order valence-corrected chi connectivity index (χ4v) is 3.36. The Morgan fingerprint density at radius 3 is 2.79 bits per heavy atom. The molecule has 1 atom stereocenters. The van der Waals surface area contributed by atoms with Crippen molar-refractivity contribution in [3.05, 3.63) is 53.6 Å². The van der Waals surface area contributed by atoms with Crippen LogP contribution in [0.5, 0.6) is 11.5 Å². The summed E-state index contributed by atoms with van der Waals surface area (Å²) >= 11 is 0. The summed E-state index contributed by atoms with van der Waals surface area (Å²) in [6.45, 7) is 3.10. The summed E-state index contributed by atoms with van der Waals surface area (Å²) in [6.07, 6.45) is 0.850. The Labute approximate surface area is 165 Å². The van der Waals surface area contributed by atoms with Gasteiger partial charge in [0.25, 0.3) is 0 Å². The Morgan fingerprint density at radius 1 is 1.21 bits per heavy atom. The highest BCUT2D eigenvalue weighted by atomic mass is 16.5. The van der Waals surface area contributed by atoms with Gasteiger partial charge in [-0.1, -0.05) is 12.1 Å². The van der Waals surface area contributed by atoms with Gasteiger partial charge < -0.3 is 19.7 Å². The van der Waals surface area contributed by atoms with E-state index >= 15 is 0 Å². The summed E-state index contributed by atoms with van der Waals surface area (Å²) in [4.78, 5) is 26.7. The number of nitrogens with zero attached hydrogens (tertiary/aromatic N) is 1. The third-order valence-electron chi connectivity index (χ3n) is 4.87. The van der Waals surface area contributed by atoms with Crippen LogP contribution in [0.1, 0.15) is 29.9 Å². The highest BCUT2D eigenvalue weighted by Crippen LogP contribution is 2.35. The van der Waals surface area contributed by atoms with Gasteiger partial charge in [-0.25, -0.2) is 0 Å². The molecule has 3 rings (SSSR count). The van der Waals surface area contributed by atoms with Crippen molar-refractivity contribution in [3.63, 3.8) is 0 Å². The topological polar surface area (TPSA) is 67.9 Å². The minimum absolute atomic E-state index is 0.0695. The van der Waals surface area contributed by atoms with Gasteiger partial charge in [0, 0.05) is 25.7 Å². The van der Waals surface area contributed by atoms with Crippen LogP contribution >= 0.6 is 0 Å². The SMILES string of the molecule is COc1ccc2c(c1)C(C(=O)N(C)CCCOc1cccc(C)c1)CC(=O)N2. The largest absolute Gasteiger partial charge is 0.497 e. The highest BCUT2D eigenvalue weighted by molar-refractivity contribution is 6.01. The number of carbonyl (C=O) groups excluding carboxylic acids is 2. The second-order valence-corrected chi connectivity index (χ2v) is 7.04. The number of rotatable bonds is 7. The molecule has 0 saturated heterocycles. The fraction of sp³-hybridized carbons (Fsp3) is 0.364. The van der Waals surface area contributed by atoms with Crippen LogP contribution in [0.4, 0.5) is 5.69 Å². The van der Waals surface area contributed by atoms with E-state index in [2.05, 4.69) is 5.32 Å². The summed E-state index contributed by atoms with van der Waals surface area (Å²) in [5.74, 6) is 0.787. The Bertz CT molecular complexity index is 865. The third kappa shape index (κ3) is 4.63. The molecule has 0 fully saturated rings. The number of aryl methyl sites for hydroxylation is 1. The molecule has 1 unspecified atom stereocenters. The molecule has 6 nitrogen and oxygen atoms in total. The molecule has 2 amide bonds. The first kappa shape index (κ1) is 19.7. The summed E-state index contributed by atoms with van der Waals surface area (Å²) in [5, 5.41) is 2.82. The first-order chi connectivity index (χ1) is 13.5. The molecule has 148 valence electrons. The van der Waals surface area contributed by atoms with E-state index in [0.717, 1.165) is 16.9 Å². The highest BCUT2D eigenvalue weighted by Gasteiger charge is 2.32. The van der Waals surface area contributed by atoms with Crippen molar-refractivity contribution in [2.24, 2.45) is 0 Å². The molecule has 6 heteroatoms. The quantitative estimate of drug-likeness (QED) is 0.746. The lowest BCUT2D eigenvalue weighted by molar-refractivity contribution is -0.133. The van der Waals surface area contributed by atoms with Crippen LogP contribution in [0.25, 0.3) is 0 Å². The average Bonchev–Trinajstić information content (AvgIpc) is 2.69. The Hall–Kier alpha value is -3.02. The summed E-state index contributed by atoms with van der Waals surface area (Å²) in [5.41, 5.74) is 2.62. The number of amides is 2. The predicted molar refractivity (Wildman–Crippen MR) is 108 cm³/mol. The summed E-state index contributed by atoms with van der Waals surface area (Å²) in [7, 11) is 3.35. The van der Waals surface area contributed by atoms with E-state index in [1.807, 2.05) is 37.3 Å². The first-order valence-electron chi connectivity index (χ1n) is 9.40. The van der Waals surface area contributed by atoms with Gasteiger partial charge in [0.2, 0.25) is 11.8 Å². The van der Waals surface area contributed by atoms with Crippen molar-refractivity contribution < 1.29 is 19.1 Å². The standard InChI is InChI=1S/C22H26N2O4/c1-15-6-4-7-17(12-15)28-11-5-10-24(2)22(26)19-14-21(25)23-20-9-8-16(27-3)13-18(19)20/h4,6-9,12-13,19H,5,10-11,14H2,1-3H3,(H,23,25). The van der Waals surface area contributed by atoms with E-state index in [1.165, 1.54) is 0 Å². The molecule has 0 radical (unpaired) electrons. The van der Waals surface area contributed by atoms with E-state index in [1.54, 1.807) is 31.2 Å². The smallest absolute Gasteiger partial charge is 0.230 e. The molecule has 1 aliphatic rings. The predicted octanol–water partition coefficient (Wildman–Crippen LogP) is 3.36. The number of fused-ring (bicyclic) bond motifs is 1. The van der Waals surface area contributed by atoms with Gasteiger partial charge in [-0.05, 0) is 54.8 Å². The van der Waals surface area contributed by atoms with Crippen molar-refractivity contribution in [1.29, 1.82) is 0 Å². The zero-order chi connectivity index (χ0) is 20.1. The Morgan fingerprint density at radius 2 is 2.04 bits per heavy atom. The molecule has 0 bridgehead atoms. The maximum Gasteiger partial charge on any atom is 0.230 e. The van der Waals surface area contributed by atoms with Gasteiger partial charge in [0.1, 0.15) is 11.5 Å². The minimum Gasteiger partial charge on any atom is -0.497 e. The van der Waals surface area contributed by atoms with Gasteiger partial charge in [0.05, 0.1) is 19.6 Å². The number of benzene rings is 2. The number of nitrogens with one attached hydrogen (secondary N) is 1. The van der Waals surface area contributed by atoms with Crippen LogP contribution in [0.15, 0.2) is 42.5 Å². The number of ether oxygens (including phenoxy) is 2. The molecule has 1 heterocycles. The molecule has 2 aromatic rings. The zero-order valence-corrected chi connectivity index (χ0v) is 16.5. The summed E-state index contributed by atoms with van der Waals surface area (Å²) < 4.78 is 11.0. The molecule has 0 spiro atoms. The molecule has 0 saturated carbocycles. The van der Waals surface area contributed by atoms with Gasteiger partial charge >= 0.3 is 0 Å². The number of anilines is 1. The molecule has 2 aromatic carbocycles. The van der Waals surface area contributed by atoms with Gasteiger partial charge in [-0.15, -0.1) is 0 Å². The molecular weight excluding hydrogens is 356 g/mol. The molecule has 1 N–H and O–H groups in total. The Balaban J connectivity index is 1.59. The second-order valence-electron chi connectivity index (χ2n) is 7.04. The minimum atomic E-state index is -0.499. The molecular formula is C22H26N2O4. The zero-order valence-electron chi connectivity index (χ0n) is 16.5. The number of methoxy groups -OCH3 is 1. The Kier molecular flexibility index (Phi) is 6.19. The first-order valence-corrected chi connectivity index (χ1v) is 9.40. The van der Waals surface area contributed by atoms with Crippen molar-refractivity contribution in [3.8, 4) is 11.5 Å².